The SMILES string of the molecule is COC(C)C(N)=NOCC(=O)N(Cc1ccsc1)C1CC1. The van der Waals surface area contributed by atoms with Crippen molar-refractivity contribution in [3.8, 4) is 0 Å². The maximum atomic E-state index is 12.2. The van der Waals surface area contributed by atoms with Gasteiger partial charge in [0.25, 0.3) is 5.91 Å². The molecule has 1 heterocycles. The Bertz CT molecular complexity index is 486. The van der Waals surface area contributed by atoms with Gasteiger partial charge in [-0.3, -0.25) is 4.79 Å². The number of hydrogen-bond acceptors (Lipinski definition) is 5. The first-order chi connectivity index (χ1) is 10.1. The number of nitrogens with zero attached hydrogens (tertiary/aromatic N) is 2. The van der Waals surface area contributed by atoms with E-state index >= 15 is 0 Å². The van der Waals surface area contributed by atoms with E-state index in [1.54, 1.807) is 18.3 Å². The Kier molecular flexibility index (Phi) is 5.58. The molecule has 1 unspecified atom stereocenters. The van der Waals surface area contributed by atoms with Crippen LogP contribution in [0.4, 0.5) is 0 Å². The number of carbonyl (C=O) groups is 1. The van der Waals surface area contributed by atoms with Crippen LogP contribution in [-0.2, 0) is 20.9 Å². The third-order valence-electron chi connectivity index (χ3n) is 3.37. The van der Waals surface area contributed by atoms with Gasteiger partial charge < -0.3 is 20.2 Å². The lowest BCUT2D eigenvalue weighted by atomic mass is 10.3. The minimum Gasteiger partial charge on any atom is -0.384 e. The summed E-state index contributed by atoms with van der Waals surface area (Å²) in [5, 5.41) is 7.79. The second kappa shape index (κ2) is 7.42. The smallest absolute Gasteiger partial charge is 0.263 e. The molecule has 21 heavy (non-hydrogen) atoms. The van der Waals surface area contributed by atoms with Crippen molar-refractivity contribution < 1.29 is 14.4 Å². The van der Waals surface area contributed by atoms with E-state index in [0.29, 0.717) is 12.6 Å². The Morgan fingerprint density at radius 3 is 2.95 bits per heavy atom. The largest absolute Gasteiger partial charge is 0.384 e. The van der Waals surface area contributed by atoms with Crippen molar-refractivity contribution in [3.63, 3.8) is 0 Å². The van der Waals surface area contributed by atoms with Crippen molar-refractivity contribution in [1.82, 2.24) is 4.90 Å². The average Bonchev–Trinajstić information content (AvgIpc) is 3.19. The van der Waals surface area contributed by atoms with E-state index in [0.717, 1.165) is 18.4 Å². The number of thiophene rings is 1. The quantitative estimate of drug-likeness (QED) is 0.449. The summed E-state index contributed by atoms with van der Waals surface area (Å²) in [6.45, 7) is 2.29. The molecule has 0 radical (unpaired) electrons. The van der Waals surface area contributed by atoms with Gasteiger partial charge in [-0.15, -0.1) is 0 Å². The lowest BCUT2D eigenvalue weighted by molar-refractivity contribution is -0.137. The van der Waals surface area contributed by atoms with Gasteiger partial charge in [-0.25, -0.2) is 0 Å². The summed E-state index contributed by atoms with van der Waals surface area (Å²) in [6.07, 6.45) is 1.79. The summed E-state index contributed by atoms with van der Waals surface area (Å²) in [4.78, 5) is 19.1. The van der Waals surface area contributed by atoms with Gasteiger partial charge in [-0.2, -0.15) is 11.3 Å². The monoisotopic (exact) mass is 311 g/mol. The summed E-state index contributed by atoms with van der Waals surface area (Å²) in [6, 6.07) is 2.37. The lowest BCUT2D eigenvalue weighted by Gasteiger charge is -2.21. The number of methoxy groups -OCH3 is 1. The summed E-state index contributed by atoms with van der Waals surface area (Å²) in [7, 11) is 1.54. The van der Waals surface area contributed by atoms with E-state index in [-0.39, 0.29) is 24.5 Å². The van der Waals surface area contributed by atoms with Gasteiger partial charge in [0.05, 0.1) is 0 Å². The number of carbonyl (C=O) groups excluding carboxylic acids is 1. The van der Waals surface area contributed by atoms with Crippen molar-refractivity contribution >= 4 is 23.1 Å². The van der Waals surface area contributed by atoms with Crippen LogP contribution in [0.15, 0.2) is 22.0 Å². The fourth-order valence-electron chi connectivity index (χ4n) is 1.83. The zero-order valence-electron chi connectivity index (χ0n) is 12.3. The number of ether oxygens (including phenoxy) is 1. The highest BCUT2D eigenvalue weighted by Crippen LogP contribution is 2.28. The van der Waals surface area contributed by atoms with Crippen molar-refractivity contribution in [1.29, 1.82) is 0 Å². The van der Waals surface area contributed by atoms with Crippen LogP contribution in [0.5, 0.6) is 0 Å². The van der Waals surface area contributed by atoms with Crippen molar-refractivity contribution in [3.05, 3.63) is 22.4 Å². The molecule has 0 saturated heterocycles. The molecule has 7 heteroatoms. The molecule has 1 saturated carbocycles. The zero-order chi connectivity index (χ0) is 15.2. The van der Waals surface area contributed by atoms with Gasteiger partial charge in [0, 0.05) is 19.7 Å². The molecular formula is C14H21N3O3S. The van der Waals surface area contributed by atoms with Crippen molar-refractivity contribution in [2.75, 3.05) is 13.7 Å². The molecule has 116 valence electrons. The average molecular weight is 311 g/mol. The van der Waals surface area contributed by atoms with E-state index in [2.05, 4.69) is 10.5 Å². The first-order valence-electron chi connectivity index (χ1n) is 6.90. The fraction of sp³-hybridized carbons (Fsp3) is 0.571. The van der Waals surface area contributed by atoms with Gasteiger partial charge in [-0.05, 0) is 42.2 Å². The molecule has 1 aliphatic rings. The van der Waals surface area contributed by atoms with Crippen molar-refractivity contribution in [2.45, 2.75) is 38.5 Å². The van der Waals surface area contributed by atoms with Gasteiger partial charge in [-0.1, -0.05) is 5.16 Å². The van der Waals surface area contributed by atoms with Gasteiger partial charge >= 0.3 is 0 Å². The second-order valence-electron chi connectivity index (χ2n) is 5.05. The molecule has 0 spiro atoms. The van der Waals surface area contributed by atoms with E-state index in [4.69, 9.17) is 15.3 Å². The minimum atomic E-state index is -0.328. The van der Waals surface area contributed by atoms with E-state index < -0.39 is 0 Å². The highest BCUT2D eigenvalue weighted by Gasteiger charge is 2.32. The molecular weight excluding hydrogens is 290 g/mol. The number of nitrogens with two attached hydrogens (primary N) is 1. The fourth-order valence-corrected chi connectivity index (χ4v) is 2.49. The Morgan fingerprint density at radius 2 is 2.38 bits per heavy atom. The summed E-state index contributed by atoms with van der Waals surface area (Å²) >= 11 is 1.63. The van der Waals surface area contributed by atoms with Crippen molar-refractivity contribution in [2.24, 2.45) is 10.9 Å². The molecule has 0 bridgehead atoms. The normalized spacial score (nSPS) is 16.6. The molecule has 1 aliphatic carbocycles. The molecule has 1 aromatic rings. The van der Waals surface area contributed by atoms with Crippen LogP contribution in [0.1, 0.15) is 25.3 Å². The molecule has 1 fully saturated rings. The Balaban J connectivity index is 1.85. The predicted octanol–water partition coefficient (Wildman–Crippen LogP) is 1.56. The van der Waals surface area contributed by atoms with Gasteiger partial charge in [0.1, 0.15) is 6.10 Å². The number of oxime groups is 1. The Labute approximate surface area is 128 Å². The summed E-state index contributed by atoms with van der Waals surface area (Å²) in [5.74, 6) is 0.159. The summed E-state index contributed by atoms with van der Waals surface area (Å²) in [5.41, 5.74) is 6.80. The highest BCUT2D eigenvalue weighted by atomic mass is 32.1. The number of amidine groups is 1. The molecule has 6 nitrogen and oxygen atoms in total. The number of rotatable bonds is 8. The van der Waals surface area contributed by atoms with E-state index in [1.165, 1.54) is 7.11 Å². The maximum absolute atomic E-state index is 12.2. The lowest BCUT2D eigenvalue weighted by Crippen LogP contribution is -2.35. The first-order valence-corrected chi connectivity index (χ1v) is 7.84. The first kappa shape index (κ1) is 15.8. The Hall–Kier alpha value is -1.60. The van der Waals surface area contributed by atoms with Crippen LogP contribution in [0, 0.1) is 0 Å². The number of amides is 1. The van der Waals surface area contributed by atoms with Crippen LogP contribution in [0.25, 0.3) is 0 Å². The molecule has 1 atom stereocenters. The molecule has 2 rings (SSSR count). The van der Waals surface area contributed by atoms with E-state index in [9.17, 15) is 4.79 Å². The minimum absolute atomic E-state index is 0.0645. The second-order valence-corrected chi connectivity index (χ2v) is 5.83. The Morgan fingerprint density at radius 1 is 1.62 bits per heavy atom. The highest BCUT2D eigenvalue weighted by molar-refractivity contribution is 7.07. The van der Waals surface area contributed by atoms with Crippen LogP contribution >= 0.6 is 11.3 Å². The van der Waals surface area contributed by atoms with E-state index in [1.807, 2.05) is 16.3 Å². The third-order valence-corrected chi connectivity index (χ3v) is 4.10. The molecule has 1 aromatic heterocycles. The zero-order valence-corrected chi connectivity index (χ0v) is 13.1. The standard InChI is InChI=1S/C14H21N3O3S/c1-10(19-2)14(15)16-20-8-13(18)17(12-3-4-12)7-11-5-6-21-9-11/h5-6,9-10,12H,3-4,7-8H2,1-2H3,(H2,15,16). The molecule has 0 aromatic carbocycles. The molecule has 0 aliphatic heterocycles. The molecule has 2 N–H and O–H groups in total. The van der Waals surface area contributed by atoms with Gasteiger partial charge in [0.2, 0.25) is 0 Å². The topological polar surface area (TPSA) is 77.1 Å². The third kappa shape index (κ3) is 4.71. The number of hydrogen-bond donors (Lipinski definition) is 1. The van der Waals surface area contributed by atoms with Gasteiger partial charge in [0.15, 0.2) is 12.4 Å². The maximum Gasteiger partial charge on any atom is 0.263 e. The van der Waals surface area contributed by atoms with Crippen LogP contribution in [0.3, 0.4) is 0 Å². The van der Waals surface area contributed by atoms with Crippen LogP contribution in [-0.4, -0.2) is 42.5 Å². The van der Waals surface area contributed by atoms with Crippen LogP contribution < -0.4 is 5.73 Å². The summed E-state index contributed by atoms with van der Waals surface area (Å²) < 4.78 is 5.01. The molecule has 1 amide bonds. The predicted molar refractivity (Wildman–Crippen MR) is 81.9 cm³/mol. The van der Waals surface area contributed by atoms with Crippen LogP contribution in [0.2, 0.25) is 0 Å².